The first-order valence-corrected chi connectivity index (χ1v) is 6.22. The Morgan fingerprint density at radius 3 is 2.62 bits per heavy atom. The highest BCUT2D eigenvalue weighted by Crippen LogP contribution is 2.34. The lowest BCUT2D eigenvalue weighted by atomic mass is 9.85. The van der Waals surface area contributed by atoms with Crippen molar-refractivity contribution >= 4 is 28.9 Å². The van der Waals surface area contributed by atoms with Crippen LogP contribution < -0.4 is 5.32 Å². The van der Waals surface area contributed by atoms with Gasteiger partial charge < -0.3 is 10.4 Å². The van der Waals surface area contributed by atoms with E-state index in [4.69, 9.17) is 16.7 Å². The Morgan fingerprint density at radius 2 is 2.25 bits per heavy atom. The molecule has 3 nitrogen and oxygen atoms in total. The van der Waals surface area contributed by atoms with Crippen molar-refractivity contribution < 1.29 is 9.90 Å². The van der Waals surface area contributed by atoms with Gasteiger partial charge >= 0.3 is 5.97 Å². The standard InChI is InChI=1S/C11H16ClNO2S/c1-11(2,10(14)15)6-7(13-3)8-4-5-9(12)16-8/h4-5,7,13H,6H2,1-3H3,(H,14,15). The van der Waals surface area contributed by atoms with Crippen molar-refractivity contribution in [3.8, 4) is 0 Å². The fourth-order valence-corrected chi connectivity index (χ4v) is 2.63. The van der Waals surface area contributed by atoms with Crippen molar-refractivity contribution in [2.24, 2.45) is 5.41 Å². The van der Waals surface area contributed by atoms with E-state index in [0.29, 0.717) is 6.42 Å². The van der Waals surface area contributed by atoms with Crippen LogP contribution in [-0.4, -0.2) is 18.1 Å². The van der Waals surface area contributed by atoms with Crippen molar-refractivity contribution in [1.29, 1.82) is 0 Å². The Balaban J connectivity index is 2.81. The van der Waals surface area contributed by atoms with Crippen molar-refractivity contribution in [3.63, 3.8) is 0 Å². The van der Waals surface area contributed by atoms with Crippen LogP contribution in [0.5, 0.6) is 0 Å². The average Bonchev–Trinajstić information content (AvgIpc) is 2.61. The minimum Gasteiger partial charge on any atom is -0.481 e. The molecule has 0 aromatic carbocycles. The lowest BCUT2D eigenvalue weighted by Gasteiger charge is -2.25. The molecule has 1 aromatic rings. The Morgan fingerprint density at radius 1 is 1.62 bits per heavy atom. The molecular weight excluding hydrogens is 246 g/mol. The van der Waals surface area contributed by atoms with E-state index >= 15 is 0 Å². The van der Waals surface area contributed by atoms with Crippen LogP contribution in [0.25, 0.3) is 0 Å². The zero-order valence-electron chi connectivity index (χ0n) is 9.58. The summed E-state index contributed by atoms with van der Waals surface area (Å²) in [4.78, 5) is 12.1. The van der Waals surface area contributed by atoms with E-state index < -0.39 is 11.4 Å². The first kappa shape index (κ1) is 13.5. The molecule has 1 aromatic heterocycles. The van der Waals surface area contributed by atoms with Crippen LogP contribution in [0.4, 0.5) is 0 Å². The molecule has 0 radical (unpaired) electrons. The number of rotatable bonds is 5. The normalized spacial score (nSPS) is 13.8. The molecule has 90 valence electrons. The van der Waals surface area contributed by atoms with Crippen LogP contribution in [0.1, 0.15) is 31.2 Å². The van der Waals surface area contributed by atoms with Gasteiger partial charge in [0.25, 0.3) is 0 Å². The Kier molecular flexibility index (Phi) is 4.35. The molecule has 5 heteroatoms. The molecule has 0 bridgehead atoms. The summed E-state index contributed by atoms with van der Waals surface area (Å²) >= 11 is 7.35. The third kappa shape index (κ3) is 3.20. The molecule has 0 aliphatic carbocycles. The first-order valence-electron chi connectivity index (χ1n) is 5.02. The summed E-state index contributed by atoms with van der Waals surface area (Å²) in [6.07, 6.45) is 0.537. The highest BCUT2D eigenvalue weighted by atomic mass is 35.5. The lowest BCUT2D eigenvalue weighted by Crippen LogP contribution is -2.30. The molecule has 1 unspecified atom stereocenters. The van der Waals surface area contributed by atoms with Crippen LogP contribution in [-0.2, 0) is 4.79 Å². The topological polar surface area (TPSA) is 49.3 Å². The molecule has 0 amide bonds. The summed E-state index contributed by atoms with van der Waals surface area (Å²) in [7, 11) is 1.83. The van der Waals surface area contributed by atoms with Gasteiger partial charge in [0.15, 0.2) is 0 Å². The summed E-state index contributed by atoms with van der Waals surface area (Å²) in [5, 5.41) is 12.2. The largest absolute Gasteiger partial charge is 0.481 e. The summed E-state index contributed by atoms with van der Waals surface area (Å²) < 4.78 is 0.725. The maximum Gasteiger partial charge on any atom is 0.309 e. The second-order valence-electron chi connectivity index (χ2n) is 4.38. The molecule has 2 N–H and O–H groups in total. The molecular formula is C11H16ClNO2S. The molecule has 0 saturated carbocycles. The van der Waals surface area contributed by atoms with E-state index in [9.17, 15) is 4.79 Å². The maximum atomic E-state index is 11.1. The summed E-state index contributed by atoms with van der Waals surface area (Å²) in [6.45, 7) is 3.46. The van der Waals surface area contributed by atoms with E-state index in [1.165, 1.54) is 11.3 Å². The summed E-state index contributed by atoms with van der Waals surface area (Å²) in [5.41, 5.74) is -0.746. The van der Waals surface area contributed by atoms with Gasteiger partial charge in [-0.05, 0) is 39.4 Å². The number of carbonyl (C=O) groups is 1. The quantitative estimate of drug-likeness (QED) is 0.856. The first-order chi connectivity index (χ1) is 7.36. The molecule has 1 atom stereocenters. The second kappa shape index (κ2) is 5.17. The van der Waals surface area contributed by atoms with Gasteiger partial charge in [-0.3, -0.25) is 4.79 Å². The number of hydrogen-bond acceptors (Lipinski definition) is 3. The monoisotopic (exact) mass is 261 g/mol. The predicted octanol–water partition coefficient (Wildman–Crippen LogP) is 3.16. The fraction of sp³-hybridized carbons (Fsp3) is 0.545. The second-order valence-corrected chi connectivity index (χ2v) is 6.12. The third-order valence-corrected chi connectivity index (χ3v) is 3.92. The number of carboxylic acid groups (broad SMARTS) is 1. The van der Waals surface area contributed by atoms with Gasteiger partial charge in [-0.25, -0.2) is 0 Å². The van der Waals surface area contributed by atoms with Gasteiger partial charge in [-0.15, -0.1) is 11.3 Å². The van der Waals surface area contributed by atoms with E-state index in [1.807, 2.05) is 19.2 Å². The molecule has 0 aliphatic rings. The number of thiophene rings is 1. The Bertz CT molecular complexity index is 376. The van der Waals surface area contributed by atoms with E-state index in [0.717, 1.165) is 9.21 Å². The maximum absolute atomic E-state index is 11.1. The fourth-order valence-electron chi connectivity index (χ4n) is 1.46. The average molecular weight is 262 g/mol. The van der Waals surface area contributed by atoms with E-state index in [2.05, 4.69) is 5.32 Å². The van der Waals surface area contributed by atoms with Crippen molar-refractivity contribution in [2.45, 2.75) is 26.3 Å². The Hall–Kier alpha value is -0.580. The van der Waals surface area contributed by atoms with Crippen LogP contribution in [0.3, 0.4) is 0 Å². The van der Waals surface area contributed by atoms with Crippen LogP contribution in [0.15, 0.2) is 12.1 Å². The smallest absolute Gasteiger partial charge is 0.309 e. The minimum atomic E-state index is -0.782. The van der Waals surface area contributed by atoms with Gasteiger partial charge in [-0.1, -0.05) is 11.6 Å². The molecule has 1 heterocycles. The zero-order chi connectivity index (χ0) is 12.3. The van der Waals surface area contributed by atoms with Crippen molar-refractivity contribution in [1.82, 2.24) is 5.32 Å². The molecule has 1 rings (SSSR count). The van der Waals surface area contributed by atoms with Gasteiger partial charge in [-0.2, -0.15) is 0 Å². The van der Waals surface area contributed by atoms with Gasteiger partial charge in [0.1, 0.15) is 0 Å². The van der Waals surface area contributed by atoms with Gasteiger partial charge in [0, 0.05) is 10.9 Å². The van der Waals surface area contributed by atoms with Gasteiger partial charge in [0.2, 0.25) is 0 Å². The molecule has 16 heavy (non-hydrogen) atoms. The minimum absolute atomic E-state index is 0.0311. The molecule has 0 aliphatic heterocycles. The number of aliphatic carboxylic acids is 1. The summed E-state index contributed by atoms with van der Waals surface area (Å²) in [6, 6.07) is 3.80. The van der Waals surface area contributed by atoms with Gasteiger partial charge in [0.05, 0.1) is 9.75 Å². The summed E-state index contributed by atoms with van der Waals surface area (Å²) in [5.74, 6) is -0.782. The SMILES string of the molecule is CNC(CC(C)(C)C(=O)O)c1ccc(Cl)s1. The van der Waals surface area contributed by atoms with E-state index in [-0.39, 0.29) is 6.04 Å². The number of nitrogens with one attached hydrogen (secondary N) is 1. The van der Waals surface area contributed by atoms with Crippen LogP contribution >= 0.6 is 22.9 Å². The predicted molar refractivity (Wildman–Crippen MR) is 67.2 cm³/mol. The van der Waals surface area contributed by atoms with Crippen LogP contribution in [0.2, 0.25) is 4.34 Å². The van der Waals surface area contributed by atoms with Crippen molar-refractivity contribution in [3.05, 3.63) is 21.3 Å². The lowest BCUT2D eigenvalue weighted by molar-refractivity contribution is -0.147. The van der Waals surface area contributed by atoms with E-state index in [1.54, 1.807) is 13.8 Å². The van der Waals surface area contributed by atoms with Crippen LogP contribution in [0, 0.1) is 5.41 Å². The number of hydrogen-bond donors (Lipinski definition) is 2. The molecule has 0 spiro atoms. The third-order valence-electron chi connectivity index (χ3n) is 2.58. The number of carboxylic acids is 1. The number of halogens is 1. The van der Waals surface area contributed by atoms with Crippen molar-refractivity contribution in [2.75, 3.05) is 7.05 Å². The highest BCUT2D eigenvalue weighted by molar-refractivity contribution is 7.16. The highest BCUT2D eigenvalue weighted by Gasteiger charge is 2.31. The Labute approximate surface area is 104 Å². The molecule has 0 fully saturated rings. The molecule has 0 saturated heterocycles. The zero-order valence-corrected chi connectivity index (χ0v) is 11.2.